The van der Waals surface area contributed by atoms with Gasteiger partial charge in [-0.1, -0.05) is 23.7 Å². The highest BCUT2D eigenvalue weighted by molar-refractivity contribution is 7.19. The van der Waals surface area contributed by atoms with E-state index in [4.69, 9.17) is 21.6 Å². The van der Waals surface area contributed by atoms with Crippen molar-refractivity contribution in [3.8, 4) is 11.5 Å². The molecule has 3 aromatic heterocycles. The van der Waals surface area contributed by atoms with E-state index < -0.39 is 0 Å². The van der Waals surface area contributed by atoms with E-state index in [1.807, 2.05) is 24.3 Å². The summed E-state index contributed by atoms with van der Waals surface area (Å²) < 4.78 is 0. The van der Waals surface area contributed by atoms with Gasteiger partial charge in [-0.3, -0.25) is 4.98 Å². The number of aromatic nitrogens is 4. The van der Waals surface area contributed by atoms with Crippen LogP contribution in [0.1, 0.15) is 34.9 Å². The molecule has 1 aliphatic carbocycles. The highest BCUT2D eigenvalue weighted by atomic mass is 35.5. The molecule has 0 bridgehead atoms. The van der Waals surface area contributed by atoms with Gasteiger partial charge in [-0.05, 0) is 48.9 Å². The molecule has 5 rings (SSSR count). The Morgan fingerprint density at radius 3 is 2.70 bits per heavy atom. The van der Waals surface area contributed by atoms with Crippen LogP contribution in [0.15, 0.2) is 42.9 Å². The molecule has 4 aromatic rings. The molecule has 1 atom stereocenters. The van der Waals surface area contributed by atoms with Crippen LogP contribution in [-0.2, 0) is 12.8 Å². The Balaban J connectivity index is 1.64. The van der Waals surface area contributed by atoms with E-state index in [-0.39, 0.29) is 12.6 Å². The maximum absolute atomic E-state index is 10.1. The first-order chi connectivity index (χ1) is 14.7. The Kier molecular flexibility index (Phi) is 5.33. The molecule has 6 nitrogen and oxygen atoms in total. The Morgan fingerprint density at radius 1 is 1.10 bits per heavy atom. The van der Waals surface area contributed by atoms with Gasteiger partial charge in [0.2, 0.25) is 0 Å². The summed E-state index contributed by atoms with van der Waals surface area (Å²) in [5.74, 6) is 1.26. The summed E-state index contributed by atoms with van der Waals surface area (Å²) in [4.78, 5) is 20.5. The summed E-state index contributed by atoms with van der Waals surface area (Å²) in [7, 11) is 0. The molecule has 2 N–H and O–H groups in total. The monoisotopic (exact) mass is 437 g/mol. The molecule has 8 heteroatoms. The van der Waals surface area contributed by atoms with Crippen molar-refractivity contribution in [1.82, 2.24) is 19.9 Å². The molecule has 0 radical (unpaired) electrons. The lowest BCUT2D eigenvalue weighted by Gasteiger charge is -2.19. The molecule has 0 saturated carbocycles. The quantitative estimate of drug-likeness (QED) is 0.465. The average molecular weight is 438 g/mol. The Morgan fingerprint density at radius 2 is 1.93 bits per heavy atom. The van der Waals surface area contributed by atoms with Crippen molar-refractivity contribution in [1.29, 1.82) is 0 Å². The number of fused-ring (bicyclic) bond motifs is 3. The lowest BCUT2D eigenvalue weighted by atomic mass is 9.97. The van der Waals surface area contributed by atoms with E-state index in [0.717, 1.165) is 34.4 Å². The molecule has 1 aromatic carbocycles. The van der Waals surface area contributed by atoms with Gasteiger partial charge in [0.05, 0.1) is 24.2 Å². The van der Waals surface area contributed by atoms with Gasteiger partial charge in [0, 0.05) is 22.3 Å². The first-order valence-electron chi connectivity index (χ1n) is 9.94. The number of halogens is 1. The van der Waals surface area contributed by atoms with E-state index in [9.17, 15) is 5.11 Å². The van der Waals surface area contributed by atoms with Crippen LogP contribution in [-0.4, -0.2) is 31.6 Å². The molecule has 30 heavy (non-hydrogen) atoms. The van der Waals surface area contributed by atoms with Crippen molar-refractivity contribution < 1.29 is 5.11 Å². The molecular weight excluding hydrogens is 418 g/mol. The number of benzene rings is 1. The molecule has 0 spiro atoms. The fourth-order valence-corrected chi connectivity index (χ4v) is 5.27. The van der Waals surface area contributed by atoms with Gasteiger partial charge in [-0.15, -0.1) is 11.3 Å². The average Bonchev–Trinajstić information content (AvgIpc) is 3.17. The van der Waals surface area contributed by atoms with Crippen molar-refractivity contribution in [2.75, 3.05) is 11.9 Å². The summed E-state index contributed by atoms with van der Waals surface area (Å²) in [6.07, 6.45) is 9.43. The van der Waals surface area contributed by atoms with Gasteiger partial charge in [0.15, 0.2) is 5.82 Å². The van der Waals surface area contributed by atoms with E-state index in [0.29, 0.717) is 16.5 Å². The smallest absolute Gasteiger partial charge is 0.183 e. The van der Waals surface area contributed by atoms with Crippen molar-refractivity contribution in [2.24, 2.45) is 0 Å². The van der Waals surface area contributed by atoms with E-state index in [1.54, 1.807) is 29.9 Å². The predicted octanol–water partition coefficient (Wildman–Crippen LogP) is 4.83. The van der Waals surface area contributed by atoms with E-state index in [1.165, 1.54) is 23.3 Å². The van der Waals surface area contributed by atoms with Crippen LogP contribution in [0.4, 0.5) is 5.82 Å². The molecule has 0 amide bonds. The Hall–Kier alpha value is -2.61. The molecule has 1 aliphatic rings. The van der Waals surface area contributed by atoms with Crippen molar-refractivity contribution in [3.63, 3.8) is 0 Å². The summed E-state index contributed by atoms with van der Waals surface area (Å²) in [5.41, 5.74) is 2.90. The molecule has 0 aliphatic heterocycles. The lowest BCUT2D eigenvalue weighted by Crippen LogP contribution is -2.16. The summed E-state index contributed by atoms with van der Waals surface area (Å²) in [6, 6.07) is 7.18. The van der Waals surface area contributed by atoms with Gasteiger partial charge >= 0.3 is 0 Å². The standard InChI is InChI=1S/C22H20ClN5OS/c23-14-7-5-13(6-8-14)17(12-29)26-21-19-15-3-1-2-4-18(15)30-22(19)28-20(27-21)16-11-24-9-10-25-16/h5-11,17,29H,1-4,12H2,(H,26,27,28). The van der Waals surface area contributed by atoms with E-state index in [2.05, 4.69) is 15.3 Å². The van der Waals surface area contributed by atoms with Crippen molar-refractivity contribution in [2.45, 2.75) is 31.7 Å². The van der Waals surface area contributed by atoms with Crippen molar-refractivity contribution >= 4 is 39.0 Å². The van der Waals surface area contributed by atoms with Crippen LogP contribution in [0.25, 0.3) is 21.7 Å². The zero-order valence-electron chi connectivity index (χ0n) is 16.2. The zero-order valence-corrected chi connectivity index (χ0v) is 17.7. The number of thiophene rings is 1. The third-order valence-electron chi connectivity index (χ3n) is 5.37. The van der Waals surface area contributed by atoms with Gasteiger partial charge < -0.3 is 10.4 Å². The first-order valence-corrected chi connectivity index (χ1v) is 11.1. The topological polar surface area (TPSA) is 83.8 Å². The third-order valence-corrected chi connectivity index (χ3v) is 6.81. The highest BCUT2D eigenvalue weighted by Crippen LogP contribution is 2.40. The summed E-state index contributed by atoms with van der Waals surface area (Å²) in [5, 5.41) is 15.3. The fraction of sp³-hybridized carbons (Fsp3) is 0.273. The molecule has 0 fully saturated rings. The Labute approximate surface area is 183 Å². The molecular formula is C22H20ClN5OS. The molecule has 0 saturated heterocycles. The number of nitrogens with zero attached hydrogens (tertiary/aromatic N) is 4. The number of aliphatic hydroxyl groups is 1. The first kappa shape index (κ1) is 19.4. The van der Waals surface area contributed by atoms with Crippen molar-refractivity contribution in [3.05, 3.63) is 63.9 Å². The highest BCUT2D eigenvalue weighted by Gasteiger charge is 2.23. The predicted molar refractivity (Wildman–Crippen MR) is 120 cm³/mol. The van der Waals surface area contributed by atoms with Crippen LogP contribution >= 0.6 is 22.9 Å². The van der Waals surface area contributed by atoms with Gasteiger partial charge in [0.25, 0.3) is 0 Å². The maximum atomic E-state index is 10.1. The van der Waals surface area contributed by atoms with Crippen LogP contribution < -0.4 is 5.32 Å². The third kappa shape index (κ3) is 3.64. The normalized spacial score (nSPS) is 14.5. The Bertz CT molecular complexity index is 1180. The minimum atomic E-state index is -0.311. The molecule has 3 heterocycles. The number of rotatable bonds is 5. The van der Waals surface area contributed by atoms with Crippen LogP contribution in [0.3, 0.4) is 0 Å². The fourth-order valence-electron chi connectivity index (χ4n) is 3.89. The minimum absolute atomic E-state index is 0.0695. The number of anilines is 1. The maximum Gasteiger partial charge on any atom is 0.183 e. The van der Waals surface area contributed by atoms with Gasteiger partial charge in [0.1, 0.15) is 16.3 Å². The minimum Gasteiger partial charge on any atom is -0.394 e. The van der Waals surface area contributed by atoms with Crippen LogP contribution in [0.5, 0.6) is 0 Å². The zero-order chi connectivity index (χ0) is 20.5. The summed E-state index contributed by atoms with van der Waals surface area (Å²) in [6.45, 7) is -0.0695. The lowest BCUT2D eigenvalue weighted by molar-refractivity contribution is 0.276. The summed E-state index contributed by atoms with van der Waals surface area (Å²) >= 11 is 7.77. The van der Waals surface area contributed by atoms with Crippen LogP contribution in [0.2, 0.25) is 5.02 Å². The van der Waals surface area contributed by atoms with E-state index >= 15 is 0 Å². The second-order valence-corrected chi connectivity index (χ2v) is 8.83. The number of hydrogen-bond acceptors (Lipinski definition) is 7. The molecule has 152 valence electrons. The van der Waals surface area contributed by atoms with Gasteiger partial charge in [-0.2, -0.15) is 0 Å². The van der Waals surface area contributed by atoms with Crippen LogP contribution in [0, 0.1) is 0 Å². The number of aliphatic hydroxyl groups excluding tert-OH is 1. The SMILES string of the molecule is OCC(Nc1nc(-c2cnccn2)nc2sc3c(c12)CCCC3)c1ccc(Cl)cc1. The second-order valence-electron chi connectivity index (χ2n) is 7.31. The number of aryl methyl sites for hydroxylation is 2. The number of nitrogens with one attached hydrogen (secondary N) is 1. The number of hydrogen-bond donors (Lipinski definition) is 2. The van der Waals surface area contributed by atoms with Gasteiger partial charge in [-0.25, -0.2) is 15.0 Å². The largest absolute Gasteiger partial charge is 0.394 e. The second kappa shape index (κ2) is 8.26. The molecule has 1 unspecified atom stereocenters.